The first-order valence-electron chi connectivity index (χ1n) is 13.8. The van der Waals surface area contributed by atoms with Crippen molar-refractivity contribution in [1.82, 2.24) is 10.2 Å². The van der Waals surface area contributed by atoms with Crippen molar-refractivity contribution < 1.29 is 40.7 Å². The first-order chi connectivity index (χ1) is 19.3. The number of ether oxygens (including phenoxy) is 1. The highest BCUT2D eigenvalue weighted by Crippen LogP contribution is 2.40. The number of benzene rings is 2. The third-order valence-corrected chi connectivity index (χ3v) is 8.24. The average Bonchev–Trinajstić information content (AvgIpc) is 2.96. The van der Waals surface area contributed by atoms with E-state index in [1.165, 1.54) is 6.92 Å². The molecule has 0 spiro atoms. The maximum absolute atomic E-state index is 13.5. The molecule has 2 aromatic rings. The van der Waals surface area contributed by atoms with Crippen LogP contribution in [0.5, 0.6) is 0 Å². The number of likely N-dealkylation sites (tertiary alicyclic amines) is 1. The number of carbonyl (C=O) groups excluding carboxylic acids is 2. The highest BCUT2D eigenvalue weighted by Gasteiger charge is 2.40. The standard InChI is InChI=1S/C30H34F6N2O3/c1-18(22-14-23(29(31,32)33)16-24(15-22)30(34,35)36)41-26-12-13-38(17-25(26)19-6-4-3-5-7-19)28(40)21-10-8-20(9-11-21)27(39)37-2/h3-7,14-16,18,20-21,25-26H,8-13,17H2,1-2H3,(H,37,39)/t18-,20?,21?,25+,26+/m1/s1. The van der Waals surface area contributed by atoms with Crippen molar-refractivity contribution in [3.63, 3.8) is 0 Å². The van der Waals surface area contributed by atoms with E-state index < -0.39 is 35.7 Å². The molecule has 0 radical (unpaired) electrons. The molecule has 11 heteroatoms. The molecule has 4 rings (SSSR count). The molecule has 2 amide bonds. The van der Waals surface area contributed by atoms with Gasteiger partial charge in [-0.1, -0.05) is 30.3 Å². The highest BCUT2D eigenvalue weighted by atomic mass is 19.4. The maximum Gasteiger partial charge on any atom is 0.416 e. The van der Waals surface area contributed by atoms with Gasteiger partial charge in [-0.2, -0.15) is 26.3 Å². The second kappa shape index (κ2) is 12.4. The van der Waals surface area contributed by atoms with Gasteiger partial charge < -0.3 is 15.0 Å². The number of rotatable bonds is 6. The Bertz CT molecular complexity index is 1180. The summed E-state index contributed by atoms with van der Waals surface area (Å²) in [6, 6.07) is 10.8. The van der Waals surface area contributed by atoms with E-state index in [2.05, 4.69) is 5.32 Å². The predicted octanol–water partition coefficient (Wildman–Crippen LogP) is 6.74. The van der Waals surface area contributed by atoms with Gasteiger partial charge in [0.15, 0.2) is 0 Å². The number of nitrogens with zero attached hydrogens (tertiary/aromatic N) is 1. The normalized spacial score (nSPS) is 24.5. The second-order valence-corrected chi connectivity index (χ2v) is 10.9. The second-order valence-electron chi connectivity index (χ2n) is 10.9. The van der Waals surface area contributed by atoms with Crippen LogP contribution in [0.3, 0.4) is 0 Å². The van der Waals surface area contributed by atoms with Crippen LogP contribution in [0.4, 0.5) is 26.3 Å². The quantitative estimate of drug-likeness (QED) is 0.383. The largest absolute Gasteiger partial charge is 0.416 e. The van der Waals surface area contributed by atoms with Crippen LogP contribution in [0.1, 0.15) is 73.3 Å². The first kappa shape index (κ1) is 30.9. The minimum atomic E-state index is -4.95. The summed E-state index contributed by atoms with van der Waals surface area (Å²) in [6.45, 7) is 2.11. The number of hydrogen-bond acceptors (Lipinski definition) is 3. The monoisotopic (exact) mass is 584 g/mol. The Balaban J connectivity index is 1.52. The minimum Gasteiger partial charge on any atom is -0.370 e. The molecule has 41 heavy (non-hydrogen) atoms. The first-order valence-corrected chi connectivity index (χ1v) is 13.8. The lowest BCUT2D eigenvalue weighted by molar-refractivity contribution is -0.143. The number of alkyl halides is 6. The van der Waals surface area contributed by atoms with Gasteiger partial charge in [-0.25, -0.2) is 0 Å². The van der Waals surface area contributed by atoms with Crippen molar-refractivity contribution in [1.29, 1.82) is 0 Å². The van der Waals surface area contributed by atoms with Crippen molar-refractivity contribution in [3.8, 4) is 0 Å². The van der Waals surface area contributed by atoms with Crippen LogP contribution < -0.4 is 5.32 Å². The zero-order chi connectivity index (χ0) is 29.9. The molecule has 2 fully saturated rings. The summed E-state index contributed by atoms with van der Waals surface area (Å²) < 4.78 is 86.8. The van der Waals surface area contributed by atoms with E-state index in [1.54, 1.807) is 11.9 Å². The summed E-state index contributed by atoms with van der Waals surface area (Å²) >= 11 is 0. The summed E-state index contributed by atoms with van der Waals surface area (Å²) in [6.07, 6.45) is -8.65. The average molecular weight is 585 g/mol. The fourth-order valence-corrected chi connectivity index (χ4v) is 5.93. The van der Waals surface area contributed by atoms with E-state index in [-0.39, 0.29) is 41.2 Å². The van der Waals surface area contributed by atoms with E-state index >= 15 is 0 Å². The van der Waals surface area contributed by atoms with Gasteiger partial charge in [-0.3, -0.25) is 9.59 Å². The predicted molar refractivity (Wildman–Crippen MR) is 140 cm³/mol. The molecule has 0 unspecified atom stereocenters. The van der Waals surface area contributed by atoms with Crippen molar-refractivity contribution in [2.75, 3.05) is 20.1 Å². The molecule has 1 saturated carbocycles. The Kier molecular flexibility index (Phi) is 9.35. The third-order valence-electron chi connectivity index (χ3n) is 8.24. The molecule has 224 valence electrons. The molecule has 3 atom stereocenters. The van der Waals surface area contributed by atoms with Gasteiger partial charge in [-0.15, -0.1) is 0 Å². The van der Waals surface area contributed by atoms with Gasteiger partial charge in [-0.05, 0) is 68.4 Å². The van der Waals surface area contributed by atoms with E-state index in [0.29, 0.717) is 57.3 Å². The molecule has 1 N–H and O–H groups in total. The lowest BCUT2D eigenvalue weighted by Crippen LogP contribution is -2.48. The number of piperidine rings is 1. The molecule has 1 saturated heterocycles. The number of amides is 2. The lowest BCUT2D eigenvalue weighted by Gasteiger charge is -2.41. The summed E-state index contributed by atoms with van der Waals surface area (Å²) in [4.78, 5) is 27.2. The Labute approximate surface area is 235 Å². The molecule has 1 aliphatic carbocycles. The molecule has 0 aromatic heterocycles. The zero-order valence-electron chi connectivity index (χ0n) is 22.9. The van der Waals surface area contributed by atoms with Gasteiger partial charge in [0.1, 0.15) is 0 Å². The van der Waals surface area contributed by atoms with E-state index in [9.17, 15) is 35.9 Å². The van der Waals surface area contributed by atoms with Crippen molar-refractivity contribution in [2.24, 2.45) is 11.8 Å². The Hall–Kier alpha value is -3.08. The summed E-state index contributed by atoms with van der Waals surface area (Å²) in [5.74, 6) is -0.646. The van der Waals surface area contributed by atoms with Crippen LogP contribution in [0.2, 0.25) is 0 Å². The van der Waals surface area contributed by atoms with E-state index in [0.717, 1.165) is 5.56 Å². The number of carbonyl (C=O) groups is 2. The molecule has 2 aromatic carbocycles. The summed E-state index contributed by atoms with van der Waals surface area (Å²) in [5, 5.41) is 2.66. The summed E-state index contributed by atoms with van der Waals surface area (Å²) in [7, 11) is 1.60. The van der Waals surface area contributed by atoms with Crippen molar-refractivity contribution >= 4 is 11.8 Å². The Morgan fingerprint density at radius 2 is 1.44 bits per heavy atom. The van der Waals surface area contributed by atoms with E-state index in [1.807, 2.05) is 30.3 Å². The summed E-state index contributed by atoms with van der Waals surface area (Å²) in [5.41, 5.74) is -2.12. The van der Waals surface area contributed by atoms with Crippen LogP contribution >= 0.6 is 0 Å². The molecule has 2 aliphatic rings. The number of hydrogen-bond donors (Lipinski definition) is 1. The maximum atomic E-state index is 13.5. The topological polar surface area (TPSA) is 58.6 Å². The van der Waals surface area contributed by atoms with E-state index in [4.69, 9.17) is 4.74 Å². The molecule has 0 bridgehead atoms. The van der Waals surface area contributed by atoms with Crippen LogP contribution in [0, 0.1) is 11.8 Å². The van der Waals surface area contributed by atoms with Crippen LogP contribution in [0.15, 0.2) is 48.5 Å². The van der Waals surface area contributed by atoms with Gasteiger partial charge in [0.25, 0.3) is 0 Å². The number of nitrogens with one attached hydrogen (secondary N) is 1. The Morgan fingerprint density at radius 1 is 0.878 bits per heavy atom. The van der Waals surface area contributed by atoms with Crippen LogP contribution in [-0.2, 0) is 26.7 Å². The van der Waals surface area contributed by atoms with Crippen molar-refractivity contribution in [2.45, 2.75) is 69.5 Å². The molecule has 5 nitrogen and oxygen atoms in total. The lowest BCUT2D eigenvalue weighted by atomic mass is 9.80. The fraction of sp³-hybridized carbons (Fsp3) is 0.533. The molecule has 1 aliphatic heterocycles. The molecular weight excluding hydrogens is 550 g/mol. The smallest absolute Gasteiger partial charge is 0.370 e. The van der Waals surface area contributed by atoms with Crippen LogP contribution in [-0.4, -0.2) is 43.0 Å². The minimum absolute atomic E-state index is 0.000448. The number of halogens is 6. The molecule has 1 heterocycles. The van der Waals surface area contributed by atoms with Gasteiger partial charge in [0.05, 0.1) is 23.3 Å². The zero-order valence-corrected chi connectivity index (χ0v) is 22.9. The third kappa shape index (κ3) is 7.42. The van der Waals surface area contributed by atoms with Gasteiger partial charge in [0, 0.05) is 37.9 Å². The van der Waals surface area contributed by atoms with Crippen molar-refractivity contribution in [3.05, 3.63) is 70.8 Å². The van der Waals surface area contributed by atoms with Crippen LogP contribution in [0.25, 0.3) is 0 Å². The highest BCUT2D eigenvalue weighted by molar-refractivity contribution is 5.81. The van der Waals surface area contributed by atoms with Gasteiger partial charge >= 0.3 is 12.4 Å². The molecular formula is C30H34F6N2O3. The Morgan fingerprint density at radius 3 is 1.98 bits per heavy atom. The SMILES string of the molecule is CNC(=O)C1CCC(C(=O)N2CC[C@H](O[C@H](C)c3cc(C(F)(F)F)cc(C(F)(F)F)c3)[C@H](c3ccccc3)C2)CC1. The van der Waals surface area contributed by atoms with Gasteiger partial charge in [0.2, 0.25) is 11.8 Å². The fourth-order valence-electron chi connectivity index (χ4n) is 5.93.